The van der Waals surface area contributed by atoms with Gasteiger partial charge < -0.3 is 4.74 Å². The second-order valence-electron chi connectivity index (χ2n) is 3.94. The summed E-state index contributed by atoms with van der Waals surface area (Å²) < 4.78 is 5.56. The summed E-state index contributed by atoms with van der Waals surface area (Å²) >= 11 is 0. The van der Waals surface area contributed by atoms with Gasteiger partial charge in [0.25, 0.3) is 0 Å². The predicted octanol–water partition coefficient (Wildman–Crippen LogP) is 2.38. The number of fused-ring (bicyclic) bond motifs is 2. The van der Waals surface area contributed by atoms with E-state index in [0.29, 0.717) is 0 Å². The normalized spacial score (nSPS) is 48.1. The molecule has 2 bridgehead atoms. The van der Waals surface area contributed by atoms with Gasteiger partial charge in [-0.1, -0.05) is 6.08 Å². The molecule has 3 unspecified atom stereocenters. The monoisotopic (exact) mass is 152 g/mol. The molecule has 11 heavy (non-hydrogen) atoms. The van der Waals surface area contributed by atoms with E-state index in [9.17, 15) is 0 Å². The third kappa shape index (κ3) is 0.871. The maximum absolute atomic E-state index is 5.56. The molecule has 3 atom stereocenters. The first-order chi connectivity index (χ1) is 5.30. The van der Waals surface area contributed by atoms with E-state index < -0.39 is 0 Å². The van der Waals surface area contributed by atoms with Crippen molar-refractivity contribution in [3.05, 3.63) is 12.7 Å². The number of hydrogen-bond acceptors (Lipinski definition) is 1. The SMILES string of the molecule is C=CC1(OC)CC2CCC1C2. The van der Waals surface area contributed by atoms with Gasteiger partial charge in [-0.2, -0.15) is 0 Å². The van der Waals surface area contributed by atoms with Crippen LogP contribution in [0.5, 0.6) is 0 Å². The quantitative estimate of drug-likeness (QED) is 0.552. The Kier molecular flexibility index (Phi) is 1.57. The van der Waals surface area contributed by atoms with Gasteiger partial charge in [-0.05, 0) is 37.5 Å². The third-order valence-electron chi connectivity index (χ3n) is 3.57. The molecule has 2 aliphatic rings. The first-order valence-electron chi connectivity index (χ1n) is 4.49. The molecule has 2 fully saturated rings. The van der Waals surface area contributed by atoms with Crippen LogP contribution < -0.4 is 0 Å². The number of methoxy groups -OCH3 is 1. The maximum Gasteiger partial charge on any atom is 0.0886 e. The Morgan fingerprint density at radius 2 is 2.36 bits per heavy atom. The number of hydrogen-bond donors (Lipinski definition) is 0. The van der Waals surface area contributed by atoms with E-state index in [1.807, 2.05) is 13.2 Å². The molecule has 0 aliphatic heterocycles. The lowest BCUT2D eigenvalue weighted by Crippen LogP contribution is -2.34. The lowest BCUT2D eigenvalue weighted by atomic mass is 9.84. The Hall–Kier alpha value is -0.300. The number of rotatable bonds is 2. The lowest BCUT2D eigenvalue weighted by molar-refractivity contribution is -0.0124. The van der Waals surface area contributed by atoms with Crippen molar-refractivity contribution >= 4 is 0 Å². The molecule has 0 heterocycles. The summed E-state index contributed by atoms with van der Waals surface area (Å²) in [5.74, 6) is 1.70. The van der Waals surface area contributed by atoms with Crippen LogP contribution in [0.3, 0.4) is 0 Å². The highest BCUT2D eigenvalue weighted by Gasteiger charge is 2.49. The highest BCUT2D eigenvalue weighted by molar-refractivity contribution is 5.11. The molecule has 0 spiro atoms. The van der Waals surface area contributed by atoms with Gasteiger partial charge in [-0.15, -0.1) is 6.58 Å². The van der Waals surface area contributed by atoms with Crippen LogP contribution in [0.2, 0.25) is 0 Å². The van der Waals surface area contributed by atoms with Crippen molar-refractivity contribution < 1.29 is 4.74 Å². The van der Waals surface area contributed by atoms with E-state index in [1.165, 1.54) is 25.7 Å². The summed E-state index contributed by atoms with van der Waals surface area (Å²) in [6, 6.07) is 0. The maximum atomic E-state index is 5.56. The second kappa shape index (κ2) is 2.34. The molecule has 0 N–H and O–H groups in total. The molecule has 0 aromatic carbocycles. The summed E-state index contributed by atoms with van der Waals surface area (Å²) in [7, 11) is 1.82. The van der Waals surface area contributed by atoms with Crippen LogP contribution in [0.4, 0.5) is 0 Å². The third-order valence-corrected chi connectivity index (χ3v) is 3.57. The first kappa shape index (κ1) is 7.35. The Bertz CT molecular complexity index is 176. The average molecular weight is 152 g/mol. The fourth-order valence-electron chi connectivity index (χ4n) is 2.91. The Labute approximate surface area is 68.4 Å². The van der Waals surface area contributed by atoms with Crippen LogP contribution in [0.25, 0.3) is 0 Å². The Morgan fingerprint density at radius 1 is 1.55 bits per heavy atom. The molecule has 2 rings (SSSR count). The van der Waals surface area contributed by atoms with Gasteiger partial charge >= 0.3 is 0 Å². The molecule has 0 aromatic rings. The molecule has 0 saturated heterocycles. The van der Waals surface area contributed by atoms with Crippen LogP contribution in [-0.2, 0) is 4.74 Å². The molecule has 2 saturated carbocycles. The van der Waals surface area contributed by atoms with Gasteiger partial charge in [0.15, 0.2) is 0 Å². The molecule has 1 heteroatoms. The van der Waals surface area contributed by atoms with Crippen LogP contribution in [-0.4, -0.2) is 12.7 Å². The van der Waals surface area contributed by atoms with Crippen LogP contribution >= 0.6 is 0 Å². The summed E-state index contributed by atoms with van der Waals surface area (Å²) in [6.45, 7) is 3.88. The minimum absolute atomic E-state index is 0.0584. The standard InChI is InChI=1S/C10H16O/c1-3-10(11-2)7-8-4-5-9(10)6-8/h3,8-9H,1,4-7H2,2H3. The molecule has 0 aromatic heterocycles. The van der Waals surface area contributed by atoms with Crippen molar-refractivity contribution in [2.24, 2.45) is 11.8 Å². The van der Waals surface area contributed by atoms with Crippen molar-refractivity contribution in [1.82, 2.24) is 0 Å². The first-order valence-corrected chi connectivity index (χ1v) is 4.49. The van der Waals surface area contributed by atoms with Gasteiger partial charge in [-0.3, -0.25) is 0 Å². The van der Waals surface area contributed by atoms with Crippen LogP contribution in [0, 0.1) is 11.8 Å². The van der Waals surface area contributed by atoms with Gasteiger partial charge in [0, 0.05) is 7.11 Å². The second-order valence-corrected chi connectivity index (χ2v) is 3.94. The van der Waals surface area contributed by atoms with Gasteiger partial charge in [0.1, 0.15) is 0 Å². The summed E-state index contributed by atoms with van der Waals surface area (Å²) in [6.07, 6.45) is 7.39. The van der Waals surface area contributed by atoms with Gasteiger partial charge in [0.05, 0.1) is 5.60 Å². The molecule has 0 radical (unpaired) electrons. The van der Waals surface area contributed by atoms with Crippen molar-refractivity contribution in [1.29, 1.82) is 0 Å². The van der Waals surface area contributed by atoms with E-state index in [2.05, 4.69) is 6.58 Å². The van der Waals surface area contributed by atoms with E-state index in [0.717, 1.165) is 11.8 Å². The fourth-order valence-corrected chi connectivity index (χ4v) is 2.91. The van der Waals surface area contributed by atoms with Crippen molar-refractivity contribution in [2.45, 2.75) is 31.3 Å². The average Bonchev–Trinajstić information content (AvgIpc) is 2.62. The van der Waals surface area contributed by atoms with Crippen molar-refractivity contribution in [3.8, 4) is 0 Å². The fraction of sp³-hybridized carbons (Fsp3) is 0.800. The van der Waals surface area contributed by atoms with Gasteiger partial charge in [-0.25, -0.2) is 0 Å². The van der Waals surface area contributed by atoms with Gasteiger partial charge in [0.2, 0.25) is 0 Å². The lowest BCUT2D eigenvalue weighted by Gasteiger charge is -2.33. The van der Waals surface area contributed by atoms with E-state index in [4.69, 9.17) is 4.74 Å². The molecular formula is C10H16O. The summed E-state index contributed by atoms with van der Waals surface area (Å²) in [4.78, 5) is 0. The van der Waals surface area contributed by atoms with E-state index in [1.54, 1.807) is 0 Å². The highest BCUT2D eigenvalue weighted by Crippen LogP contribution is 2.52. The minimum atomic E-state index is 0.0584. The minimum Gasteiger partial charge on any atom is -0.374 e. The van der Waals surface area contributed by atoms with E-state index in [-0.39, 0.29) is 5.60 Å². The highest BCUT2D eigenvalue weighted by atomic mass is 16.5. The largest absolute Gasteiger partial charge is 0.374 e. The Balaban J connectivity index is 2.20. The predicted molar refractivity (Wildman–Crippen MR) is 45.4 cm³/mol. The zero-order valence-corrected chi connectivity index (χ0v) is 7.18. The molecular weight excluding hydrogens is 136 g/mol. The van der Waals surface area contributed by atoms with E-state index >= 15 is 0 Å². The zero-order valence-electron chi connectivity index (χ0n) is 7.18. The topological polar surface area (TPSA) is 9.23 Å². The number of ether oxygens (including phenoxy) is 1. The van der Waals surface area contributed by atoms with Crippen molar-refractivity contribution in [3.63, 3.8) is 0 Å². The summed E-state index contributed by atoms with van der Waals surface area (Å²) in [5.41, 5.74) is 0.0584. The zero-order chi connectivity index (χ0) is 7.90. The smallest absolute Gasteiger partial charge is 0.0886 e. The Morgan fingerprint density at radius 3 is 2.64 bits per heavy atom. The molecule has 62 valence electrons. The van der Waals surface area contributed by atoms with Crippen LogP contribution in [0.15, 0.2) is 12.7 Å². The molecule has 1 nitrogen and oxygen atoms in total. The molecule has 0 amide bonds. The molecule has 2 aliphatic carbocycles. The summed E-state index contributed by atoms with van der Waals surface area (Å²) in [5, 5.41) is 0. The van der Waals surface area contributed by atoms with Crippen molar-refractivity contribution in [2.75, 3.05) is 7.11 Å². The van der Waals surface area contributed by atoms with Crippen LogP contribution in [0.1, 0.15) is 25.7 Å².